The first-order chi connectivity index (χ1) is 8.80. The average Bonchev–Trinajstić information content (AvgIpc) is 2.35. The summed E-state index contributed by atoms with van der Waals surface area (Å²) in [6.07, 6.45) is 6.47. The summed E-state index contributed by atoms with van der Waals surface area (Å²) >= 11 is 0. The first-order valence-electron chi connectivity index (χ1n) is 6.92. The zero-order valence-corrected chi connectivity index (χ0v) is 13.2. The van der Waals surface area contributed by atoms with Crippen LogP contribution in [0.15, 0.2) is 12.2 Å². The van der Waals surface area contributed by atoms with Gasteiger partial charge in [-0.05, 0) is 39.5 Å². The molecule has 0 heterocycles. The van der Waals surface area contributed by atoms with Crippen molar-refractivity contribution in [1.82, 2.24) is 5.06 Å². The maximum atomic E-state index is 11.4. The summed E-state index contributed by atoms with van der Waals surface area (Å²) in [4.78, 5) is 16.2. The SMILES string of the molecule is CCC(CC/C=C/C(=O)N(C)OC)COC(C)(C)C. The van der Waals surface area contributed by atoms with E-state index in [0.29, 0.717) is 5.92 Å². The van der Waals surface area contributed by atoms with Crippen molar-refractivity contribution in [1.29, 1.82) is 0 Å². The van der Waals surface area contributed by atoms with Crippen molar-refractivity contribution in [3.05, 3.63) is 12.2 Å². The second-order valence-electron chi connectivity index (χ2n) is 5.70. The van der Waals surface area contributed by atoms with Crippen LogP contribution >= 0.6 is 0 Å². The van der Waals surface area contributed by atoms with E-state index in [-0.39, 0.29) is 11.5 Å². The molecule has 0 N–H and O–H groups in total. The smallest absolute Gasteiger partial charge is 0.269 e. The Morgan fingerprint density at radius 2 is 2.00 bits per heavy atom. The van der Waals surface area contributed by atoms with Crippen molar-refractivity contribution in [2.24, 2.45) is 5.92 Å². The Balaban J connectivity index is 3.96. The quantitative estimate of drug-likeness (QED) is 0.503. The van der Waals surface area contributed by atoms with Crippen LogP contribution in [-0.2, 0) is 14.4 Å². The second-order valence-corrected chi connectivity index (χ2v) is 5.70. The van der Waals surface area contributed by atoms with E-state index in [1.165, 1.54) is 12.2 Å². The Bertz CT molecular complexity index is 282. The maximum absolute atomic E-state index is 11.4. The molecule has 0 aromatic rings. The predicted molar refractivity (Wildman–Crippen MR) is 77.6 cm³/mol. The van der Waals surface area contributed by atoms with Crippen molar-refractivity contribution in [2.75, 3.05) is 20.8 Å². The number of likely N-dealkylation sites (N-methyl/N-ethyl adjacent to an activating group) is 1. The van der Waals surface area contributed by atoms with E-state index in [2.05, 4.69) is 27.7 Å². The van der Waals surface area contributed by atoms with E-state index in [1.807, 2.05) is 6.08 Å². The van der Waals surface area contributed by atoms with Gasteiger partial charge in [0.1, 0.15) is 0 Å². The molecule has 0 aliphatic rings. The minimum atomic E-state index is -0.138. The predicted octanol–water partition coefficient (Wildman–Crippen LogP) is 3.18. The Hall–Kier alpha value is -0.870. The van der Waals surface area contributed by atoms with Crippen LogP contribution in [0.4, 0.5) is 0 Å². The highest BCUT2D eigenvalue weighted by Crippen LogP contribution is 2.16. The van der Waals surface area contributed by atoms with Crippen LogP contribution in [0.5, 0.6) is 0 Å². The van der Waals surface area contributed by atoms with Crippen LogP contribution in [0.1, 0.15) is 47.0 Å². The minimum absolute atomic E-state index is 0.0829. The lowest BCUT2D eigenvalue weighted by Gasteiger charge is -2.23. The molecular weight excluding hydrogens is 242 g/mol. The van der Waals surface area contributed by atoms with Gasteiger partial charge in [-0.25, -0.2) is 5.06 Å². The van der Waals surface area contributed by atoms with Gasteiger partial charge in [0.2, 0.25) is 0 Å². The van der Waals surface area contributed by atoms with Gasteiger partial charge in [0.05, 0.1) is 19.3 Å². The summed E-state index contributed by atoms with van der Waals surface area (Å²) in [7, 11) is 3.07. The van der Waals surface area contributed by atoms with Gasteiger partial charge >= 0.3 is 0 Å². The molecule has 112 valence electrons. The number of ether oxygens (including phenoxy) is 1. The number of hydroxylamine groups is 2. The average molecular weight is 271 g/mol. The number of hydrogen-bond donors (Lipinski definition) is 0. The molecule has 1 unspecified atom stereocenters. The van der Waals surface area contributed by atoms with Gasteiger partial charge < -0.3 is 4.74 Å². The summed E-state index contributed by atoms with van der Waals surface area (Å²) in [5.74, 6) is 0.403. The normalized spacial score (nSPS) is 13.8. The molecule has 4 nitrogen and oxygen atoms in total. The number of carbonyl (C=O) groups excluding carboxylic acids is 1. The Morgan fingerprint density at radius 3 is 2.47 bits per heavy atom. The molecule has 1 atom stereocenters. The topological polar surface area (TPSA) is 38.8 Å². The van der Waals surface area contributed by atoms with E-state index in [4.69, 9.17) is 9.57 Å². The Morgan fingerprint density at radius 1 is 1.37 bits per heavy atom. The van der Waals surface area contributed by atoms with E-state index < -0.39 is 0 Å². The Labute approximate surface area is 117 Å². The molecule has 19 heavy (non-hydrogen) atoms. The van der Waals surface area contributed by atoms with Crippen LogP contribution in [0.2, 0.25) is 0 Å². The number of hydrogen-bond acceptors (Lipinski definition) is 3. The van der Waals surface area contributed by atoms with Gasteiger partial charge in [-0.15, -0.1) is 0 Å². The molecule has 4 heteroatoms. The number of allylic oxidation sites excluding steroid dienone is 1. The second kappa shape index (κ2) is 9.10. The van der Waals surface area contributed by atoms with Gasteiger partial charge in [-0.1, -0.05) is 19.4 Å². The molecule has 0 fully saturated rings. The third kappa shape index (κ3) is 9.68. The molecule has 0 saturated heterocycles. The molecule has 0 bridgehead atoms. The third-order valence-electron chi connectivity index (χ3n) is 2.92. The van der Waals surface area contributed by atoms with Gasteiger partial charge in [0, 0.05) is 13.1 Å². The van der Waals surface area contributed by atoms with Gasteiger partial charge in [-0.2, -0.15) is 0 Å². The number of nitrogens with zero attached hydrogens (tertiary/aromatic N) is 1. The van der Waals surface area contributed by atoms with Crippen molar-refractivity contribution >= 4 is 5.91 Å². The molecule has 0 saturated carbocycles. The zero-order valence-electron chi connectivity index (χ0n) is 13.2. The molecule has 0 aromatic carbocycles. The van der Waals surface area contributed by atoms with E-state index in [1.54, 1.807) is 13.1 Å². The fourth-order valence-corrected chi connectivity index (χ4v) is 1.48. The highest BCUT2D eigenvalue weighted by molar-refractivity contribution is 5.86. The van der Waals surface area contributed by atoms with Crippen molar-refractivity contribution in [3.63, 3.8) is 0 Å². The largest absolute Gasteiger partial charge is 0.376 e. The third-order valence-corrected chi connectivity index (χ3v) is 2.92. The maximum Gasteiger partial charge on any atom is 0.269 e. The van der Waals surface area contributed by atoms with Crippen LogP contribution in [0.25, 0.3) is 0 Å². The van der Waals surface area contributed by atoms with Crippen LogP contribution < -0.4 is 0 Å². The standard InChI is InChI=1S/C15H29NO3/c1-7-13(12-19-15(2,3)4)10-8-9-11-14(17)16(5)18-6/h9,11,13H,7-8,10,12H2,1-6H3/b11-9+. The molecule has 0 aliphatic carbocycles. The van der Waals surface area contributed by atoms with Crippen LogP contribution in [0.3, 0.4) is 0 Å². The molecule has 0 aliphatic heterocycles. The summed E-state index contributed by atoms with van der Waals surface area (Å²) in [5, 5.41) is 1.20. The van der Waals surface area contributed by atoms with Gasteiger partial charge in [0.25, 0.3) is 5.91 Å². The van der Waals surface area contributed by atoms with Crippen molar-refractivity contribution in [2.45, 2.75) is 52.6 Å². The van der Waals surface area contributed by atoms with Crippen LogP contribution in [0, 0.1) is 5.92 Å². The first kappa shape index (κ1) is 18.1. The first-order valence-corrected chi connectivity index (χ1v) is 6.92. The lowest BCUT2D eigenvalue weighted by atomic mass is 10.0. The fourth-order valence-electron chi connectivity index (χ4n) is 1.48. The van der Waals surface area contributed by atoms with Gasteiger partial charge in [0.15, 0.2) is 0 Å². The highest BCUT2D eigenvalue weighted by atomic mass is 16.7. The lowest BCUT2D eigenvalue weighted by Crippen LogP contribution is -2.23. The van der Waals surface area contributed by atoms with Gasteiger partial charge in [-0.3, -0.25) is 9.63 Å². The number of amides is 1. The summed E-state index contributed by atoms with van der Waals surface area (Å²) in [6, 6.07) is 0. The van der Waals surface area contributed by atoms with E-state index in [9.17, 15) is 4.79 Å². The highest BCUT2D eigenvalue weighted by Gasteiger charge is 2.13. The molecular formula is C15H29NO3. The van der Waals surface area contributed by atoms with Crippen molar-refractivity contribution < 1.29 is 14.4 Å². The zero-order chi connectivity index (χ0) is 14.9. The molecule has 0 rings (SSSR count). The molecule has 1 amide bonds. The number of rotatable bonds is 8. The monoisotopic (exact) mass is 271 g/mol. The summed E-state index contributed by atoms with van der Waals surface area (Å²) in [6.45, 7) is 9.15. The fraction of sp³-hybridized carbons (Fsp3) is 0.800. The molecule has 0 spiro atoms. The molecule has 0 radical (unpaired) electrons. The van der Waals surface area contributed by atoms with Crippen molar-refractivity contribution in [3.8, 4) is 0 Å². The summed E-state index contributed by atoms with van der Waals surface area (Å²) < 4.78 is 5.80. The van der Waals surface area contributed by atoms with Crippen LogP contribution in [-0.4, -0.2) is 37.3 Å². The van der Waals surface area contributed by atoms with E-state index >= 15 is 0 Å². The van der Waals surface area contributed by atoms with E-state index in [0.717, 1.165) is 25.9 Å². The summed E-state index contributed by atoms with van der Waals surface area (Å²) in [5.41, 5.74) is -0.0829. The minimum Gasteiger partial charge on any atom is -0.376 e. The molecule has 0 aromatic heterocycles. The number of carbonyl (C=O) groups is 1. The Kier molecular flexibility index (Phi) is 8.68. The lowest BCUT2D eigenvalue weighted by molar-refractivity contribution is -0.162.